The number of nitrogens with one attached hydrogen (secondary N) is 1. The van der Waals surface area contributed by atoms with Gasteiger partial charge in [0.05, 0.1) is 43.7 Å². The minimum absolute atomic E-state index is 0.212. The van der Waals surface area contributed by atoms with Crippen LogP contribution in [0.2, 0.25) is 0 Å². The standard InChI is InChI=1S/C22H21N5O3/c1-29-19-10-15-16(11-20(19)30-2)24-22(25-21(15)28)26-9-8-18-17(12-26)23-13-27(18)14-6-4-3-5-7-14/h3-7,10-11,13H,8-9,12H2,1-2H3,(H,24,25,28). The molecule has 0 saturated heterocycles. The van der Waals surface area contributed by atoms with Crippen LogP contribution in [0.25, 0.3) is 16.6 Å². The van der Waals surface area contributed by atoms with E-state index in [0.717, 1.165) is 24.3 Å². The second-order valence-electron chi connectivity index (χ2n) is 7.13. The maximum Gasteiger partial charge on any atom is 0.260 e. The summed E-state index contributed by atoms with van der Waals surface area (Å²) in [6.45, 7) is 1.31. The molecular formula is C22H21N5O3. The van der Waals surface area contributed by atoms with E-state index in [9.17, 15) is 4.79 Å². The van der Waals surface area contributed by atoms with Gasteiger partial charge in [-0.3, -0.25) is 9.78 Å². The fourth-order valence-corrected chi connectivity index (χ4v) is 3.90. The number of hydrogen-bond acceptors (Lipinski definition) is 6. The van der Waals surface area contributed by atoms with Gasteiger partial charge >= 0.3 is 0 Å². The molecule has 0 amide bonds. The maximum atomic E-state index is 12.7. The molecule has 8 heteroatoms. The van der Waals surface area contributed by atoms with E-state index in [2.05, 4.69) is 31.7 Å². The monoisotopic (exact) mass is 403 g/mol. The molecule has 1 N–H and O–H groups in total. The van der Waals surface area contributed by atoms with Gasteiger partial charge < -0.3 is 18.9 Å². The molecule has 1 aliphatic heterocycles. The first-order valence-corrected chi connectivity index (χ1v) is 9.69. The highest BCUT2D eigenvalue weighted by Gasteiger charge is 2.23. The van der Waals surface area contributed by atoms with Crippen molar-refractivity contribution in [2.45, 2.75) is 13.0 Å². The number of methoxy groups -OCH3 is 2. The second-order valence-corrected chi connectivity index (χ2v) is 7.13. The highest BCUT2D eigenvalue weighted by Crippen LogP contribution is 2.31. The van der Waals surface area contributed by atoms with Crippen LogP contribution in [0, 0.1) is 0 Å². The van der Waals surface area contributed by atoms with Crippen LogP contribution in [-0.2, 0) is 13.0 Å². The zero-order valence-electron chi connectivity index (χ0n) is 16.8. The highest BCUT2D eigenvalue weighted by molar-refractivity contribution is 5.82. The molecule has 0 aliphatic carbocycles. The van der Waals surface area contributed by atoms with Gasteiger partial charge in [-0.05, 0) is 18.2 Å². The fourth-order valence-electron chi connectivity index (χ4n) is 3.90. The summed E-state index contributed by atoms with van der Waals surface area (Å²) in [5.74, 6) is 1.57. The Morgan fingerprint density at radius 3 is 2.60 bits per heavy atom. The molecule has 2 aromatic heterocycles. The van der Waals surface area contributed by atoms with Gasteiger partial charge in [0.15, 0.2) is 11.5 Å². The molecule has 3 heterocycles. The summed E-state index contributed by atoms with van der Waals surface area (Å²) in [4.78, 5) is 26.9. The van der Waals surface area contributed by atoms with E-state index in [1.807, 2.05) is 29.4 Å². The van der Waals surface area contributed by atoms with Crippen molar-refractivity contribution < 1.29 is 9.47 Å². The summed E-state index contributed by atoms with van der Waals surface area (Å²) in [6, 6.07) is 13.6. The zero-order valence-corrected chi connectivity index (χ0v) is 16.8. The molecule has 0 fully saturated rings. The van der Waals surface area contributed by atoms with Gasteiger partial charge in [0.1, 0.15) is 0 Å². The van der Waals surface area contributed by atoms with Crippen molar-refractivity contribution >= 4 is 16.9 Å². The van der Waals surface area contributed by atoms with E-state index >= 15 is 0 Å². The number of hydrogen-bond donors (Lipinski definition) is 1. The Kier molecular flexibility index (Phi) is 4.39. The van der Waals surface area contributed by atoms with Crippen LogP contribution >= 0.6 is 0 Å². The Labute approximate surface area is 172 Å². The molecule has 5 rings (SSSR count). The van der Waals surface area contributed by atoms with Crippen LogP contribution in [0.3, 0.4) is 0 Å². The molecule has 0 bridgehead atoms. The molecule has 8 nitrogen and oxygen atoms in total. The quantitative estimate of drug-likeness (QED) is 0.564. The number of H-pyrrole nitrogens is 1. The molecule has 1 aliphatic rings. The van der Waals surface area contributed by atoms with Gasteiger partial charge in [-0.25, -0.2) is 9.97 Å². The molecule has 2 aromatic carbocycles. The summed E-state index contributed by atoms with van der Waals surface area (Å²) < 4.78 is 12.8. The van der Waals surface area contributed by atoms with Crippen molar-refractivity contribution in [2.75, 3.05) is 25.7 Å². The van der Waals surface area contributed by atoms with Crippen molar-refractivity contribution in [3.05, 3.63) is 70.5 Å². The largest absolute Gasteiger partial charge is 0.493 e. The van der Waals surface area contributed by atoms with Gasteiger partial charge in [0, 0.05) is 30.4 Å². The van der Waals surface area contributed by atoms with E-state index in [4.69, 9.17) is 9.47 Å². The lowest BCUT2D eigenvalue weighted by Crippen LogP contribution is -2.33. The topological polar surface area (TPSA) is 85.3 Å². The molecular weight excluding hydrogens is 382 g/mol. The number of nitrogens with zero attached hydrogens (tertiary/aromatic N) is 4. The summed E-state index contributed by atoms with van der Waals surface area (Å²) in [5.41, 5.74) is 3.62. The number of aromatic amines is 1. The fraction of sp³-hybridized carbons (Fsp3) is 0.227. The van der Waals surface area contributed by atoms with E-state index in [1.165, 1.54) is 5.69 Å². The van der Waals surface area contributed by atoms with E-state index < -0.39 is 0 Å². The van der Waals surface area contributed by atoms with Crippen molar-refractivity contribution in [1.29, 1.82) is 0 Å². The van der Waals surface area contributed by atoms with E-state index in [-0.39, 0.29) is 5.56 Å². The van der Waals surface area contributed by atoms with Crippen molar-refractivity contribution in [1.82, 2.24) is 19.5 Å². The van der Waals surface area contributed by atoms with Crippen LogP contribution in [0.5, 0.6) is 11.5 Å². The number of fused-ring (bicyclic) bond motifs is 2. The van der Waals surface area contributed by atoms with Crippen LogP contribution in [0.1, 0.15) is 11.4 Å². The lowest BCUT2D eigenvalue weighted by atomic mass is 10.1. The smallest absolute Gasteiger partial charge is 0.260 e. The first-order valence-electron chi connectivity index (χ1n) is 9.69. The first-order chi connectivity index (χ1) is 14.7. The predicted molar refractivity (Wildman–Crippen MR) is 114 cm³/mol. The molecule has 152 valence electrons. The van der Waals surface area contributed by atoms with Crippen LogP contribution in [0.4, 0.5) is 5.95 Å². The molecule has 0 radical (unpaired) electrons. The Bertz CT molecular complexity index is 1280. The van der Waals surface area contributed by atoms with Crippen molar-refractivity contribution in [3.8, 4) is 17.2 Å². The van der Waals surface area contributed by atoms with Crippen LogP contribution in [0.15, 0.2) is 53.6 Å². The SMILES string of the molecule is COc1cc2nc(N3CCc4c(ncn4-c4ccccc4)C3)[nH]c(=O)c2cc1OC. The Hall–Kier alpha value is -3.81. The average Bonchev–Trinajstić information content (AvgIpc) is 3.22. The number of anilines is 1. The normalized spacial score (nSPS) is 13.3. The predicted octanol–water partition coefficient (Wildman–Crippen LogP) is 2.69. The van der Waals surface area contributed by atoms with Crippen LogP contribution in [-0.4, -0.2) is 40.3 Å². The summed E-state index contributed by atoms with van der Waals surface area (Å²) in [6.07, 6.45) is 2.66. The minimum atomic E-state index is -0.212. The second kappa shape index (κ2) is 7.22. The van der Waals surface area contributed by atoms with Crippen molar-refractivity contribution in [2.24, 2.45) is 0 Å². The number of imidazole rings is 1. The zero-order chi connectivity index (χ0) is 20.7. The van der Waals surface area contributed by atoms with Gasteiger partial charge in [0.2, 0.25) is 5.95 Å². The molecule has 30 heavy (non-hydrogen) atoms. The third-order valence-corrected chi connectivity index (χ3v) is 5.44. The summed E-state index contributed by atoms with van der Waals surface area (Å²) in [5, 5.41) is 0.461. The Balaban J connectivity index is 1.50. The third-order valence-electron chi connectivity index (χ3n) is 5.44. The number of ether oxygens (including phenoxy) is 2. The number of aromatic nitrogens is 4. The lowest BCUT2D eigenvalue weighted by Gasteiger charge is -2.27. The molecule has 0 spiro atoms. The number of benzene rings is 2. The average molecular weight is 403 g/mol. The van der Waals surface area contributed by atoms with Crippen molar-refractivity contribution in [3.63, 3.8) is 0 Å². The maximum absolute atomic E-state index is 12.7. The lowest BCUT2D eigenvalue weighted by molar-refractivity contribution is 0.355. The third kappa shape index (κ3) is 2.97. The molecule has 0 unspecified atom stereocenters. The minimum Gasteiger partial charge on any atom is -0.493 e. The van der Waals surface area contributed by atoms with Gasteiger partial charge in [-0.1, -0.05) is 18.2 Å². The first kappa shape index (κ1) is 18.2. The summed E-state index contributed by atoms with van der Waals surface area (Å²) >= 11 is 0. The molecule has 0 saturated carbocycles. The van der Waals surface area contributed by atoms with E-state index in [1.54, 1.807) is 26.4 Å². The highest BCUT2D eigenvalue weighted by atomic mass is 16.5. The van der Waals surface area contributed by atoms with E-state index in [0.29, 0.717) is 34.9 Å². The number of rotatable bonds is 4. The Morgan fingerprint density at radius 2 is 1.83 bits per heavy atom. The van der Waals surface area contributed by atoms with Gasteiger partial charge in [-0.15, -0.1) is 0 Å². The van der Waals surface area contributed by atoms with Crippen LogP contribution < -0.4 is 19.9 Å². The van der Waals surface area contributed by atoms with Gasteiger partial charge in [0.25, 0.3) is 5.56 Å². The number of para-hydroxylation sites is 1. The molecule has 4 aromatic rings. The Morgan fingerprint density at radius 1 is 1.07 bits per heavy atom. The molecule has 0 atom stereocenters. The van der Waals surface area contributed by atoms with Gasteiger partial charge in [-0.2, -0.15) is 0 Å². The summed E-state index contributed by atoms with van der Waals surface area (Å²) in [7, 11) is 3.10.